The van der Waals surface area contributed by atoms with Crippen LogP contribution in [0.4, 0.5) is 5.69 Å². The molecule has 2 atom stereocenters. The van der Waals surface area contributed by atoms with Crippen LogP contribution in [-0.4, -0.2) is 63.8 Å². The zero-order chi connectivity index (χ0) is 21.1. The molecule has 2 aromatic rings. The van der Waals surface area contributed by atoms with Gasteiger partial charge in [0.2, 0.25) is 0 Å². The highest BCUT2D eigenvalue weighted by molar-refractivity contribution is 8.14. The number of aliphatic imine (C=N–C) groups is 1. The van der Waals surface area contributed by atoms with Crippen molar-refractivity contribution in [2.75, 3.05) is 43.0 Å². The van der Waals surface area contributed by atoms with Gasteiger partial charge in [-0.25, -0.2) is 8.42 Å². The summed E-state index contributed by atoms with van der Waals surface area (Å²) < 4.78 is 41.2. The highest BCUT2D eigenvalue weighted by Crippen LogP contribution is 2.41. The van der Waals surface area contributed by atoms with Gasteiger partial charge in [0.25, 0.3) is 0 Å². The van der Waals surface area contributed by atoms with Crippen LogP contribution in [0.25, 0.3) is 0 Å². The maximum absolute atomic E-state index is 12.2. The summed E-state index contributed by atoms with van der Waals surface area (Å²) in [4.78, 5) is 6.74. The standard InChI is InChI=1S/C21H24N2O5S2/c1-26-16-8-9-20(27-2)18(12-16)23-19-14-30(24,25)13-17(19)22-21(23)29-11-10-28-15-6-4-3-5-7-15/h3-9,12,17,19H,10-11,13-14H2,1-2H3/t17-,19+/m0/s1. The summed E-state index contributed by atoms with van der Waals surface area (Å²) in [5, 5.41) is 0.781. The van der Waals surface area contributed by atoms with Crippen LogP contribution in [0.2, 0.25) is 0 Å². The number of nitrogens with zero attached hydrogens (tertiary/aromatic N) is 2. The predicted octanol–water partition coefficient (Wildman–Crippen LogP) is 2.86. The Balaban J connectivity index is 1.55. The fourth-order valence-corrected chi connectivity index (χ4v) is 6.49. The van der Waals surface area contributed by atoms with Gasteiger partial charge in [-0.3, -0.25) is 4.99 Å². The van der Waals surface area contributed by atoms with Gasteiger partial charge in [-0.1, -0.05) is 30.0 Å². The van der Waals surface area contributed by atoms with Crippen LogP contribution in [0.15, 0.2) is 53.5 Å². The van der Waals surface area contributed by atoms with Crippen molar-refractivity contribution in [1.29, 1.82) is 0 Å². The molecule has 1 fully saturated rings. The summed E-state index contributed by atoms with van der Waals surface area (Å²) >= 11 is 1.56. The zero-order valence-electron chi connectivity index (χ0n) is 16.9. The molecule has 0 spiro atoms. The summed E-state index contributed by atoms with van der Waals surface area (Å²) in [5.74, 6) is 2.97. The molecule has 1 saturated heterocycles. The molecule has 2 aromatic carbocycles. The molecule has 2 aliphatic rings. The topological polar surface area (TPSA) is 77.4 Å². The van der Waals surface area contributed by atoms with Crippen molar-refractivity contribution in [2.45, 2.75) is 12.1 Å². The van der Waals surface area contributed by atoms with E-state index in [1.807, 2.05) is 53.4 Å². The Morgan fingerprint density at radius 3 is 2.60 bits per heavy atom. The van der Waals surface area contributed by atoms with Crippen LogP contribution >= 0.6 is 11.8 Å². The minimum atomic E-state index is -3.12. The first-order valence-corrected chi connectivity index (χ1v) is 12.4. The Hall–Kier alpha value is -2.39. The third-order valence-corrected chi connectivity index (χ3v) is 7.71. The molecule has 30 heavy (non-hydrogen) atoms. The number of sulfone groups is 1. The van der Waals surface area contributed by atoms with Crippen molar-refractivity contribution in [3.63, 3.8) is 0 Å². The molecule has 2 aliphatic heterocycles. The minimum Gasteiger partial charge on any atom is -0.497 e. The number of fused-ring (bicyclic) bond motifs is 1. The third kappa shape index (κ3) is 4.37. The average Bonchev–Trinajstić information content (AvgIpc) is 3.22. The van der Waals surface area contributed by atoms with Crippen molar-refractivity contribution in [3.8, 4) is 17.2 Å². The molecule has 0 aromatic heterocycles. The number of ether oxygens (including phenoxy) is 3. The number of benzene rings is 2. The molecule has 160 valence electrons. The molecular formula is C21H24N2O5S2. The van der Waals surface area contributed by atoms with Crippen LogP contribution in [0.5, 0.6) is 17.2 Å². The lowest BCUT2D eigenvalue weighted by molar-refractivity contribution is 0.344. The second kappa shape index (κ2) is 8.77. The van der Waals surface area contributed by atoms with Crippen LogP contribution in [0.1, 0.15) is 0 Å². The van der Waals surface area contributed by atoms with Gasteiger partial charge in [0, 0.05) is 11.8 Å². The maximum Gasteiger partial charge on any atom is 0.164 e. The largest absolute Gasteiger partial charge is 0.497 e. The fraction of sp³-hybridized carbons (Fsp3) is 0.381. The number of thioether (sulfide) groups is 1. The summed E-state index contributed by atoms with van der Waals surface area (Å²) in [7, 11) is 0.0783. The average molecular weight is 449 g/mol. The lowest BCUT2D eigenvalue weighted by Crippen LogP contribution is -2.39. The third-order valence-electron chi connectivity index (χ3n) is 5.08. The summed E-state index contributed by atoms with van der Waals surface area (Å²) in [5.41, 5.74) is 0.761. The fourth-order valence-electron chi connectivity index (χ4n) is 3.71. The molecule has 0 aliphatic carbocycles. The number of methoxy groups -OCH3 is 2. The van der Waals surface area contributed by atoms with Gasteiger partial charge in [-0.05, 0) is 24.3 Å². The molecular weight excluding hydrogens is 424 g/mol. The normalized spacial score (nSPS) is 21.8. The van der Waals surface area contributed by atoms with Gasteiger partial charge in [0.15, 0.2) is 15.0 Å². The molecule has 0 amide bonds. The number of hydrogen-bond donors (Lipinski definition) is 0. The first-order chi connectivity index (χ1) is 14.5. The van der Waals surface area contributed by atoms with Gasteiger partial charge < -0.3 is 19.1 Å². The Bertz CT molecular complexity index is 1030. The van der Waals surface area contributed by atoms with Crippen molar-refractivity contribution in [1.82, 2.24) is 0 Å². The van der Waals surface area contributed by atoms with Crippen molar-refractivity contribution >= 4 is 32.5 Å². The van der Waals surface area contributed by atoms with E-state index in [0.717, 1.165) is 16.6 Å². The second-order valence-electron chi connectivity index (χ2n) is 7.04. The van der Waals surface area contributed by atoms with E-state index in [9.17, 15) is 8.42 Å². The SMILES string of the molecule is COc1ccc(OC)c(N2C(SCCOc3ccccc3)=N[C@H]3CS(=O)(=O)C[C@H]32)c1. The van der Waals surface area contributed by atoms with E-state index in [1.165, 1.54) is 0 Å². The first-order valence-electron chi connectivity index (χ1n) is 9.61. The van der Waals surface area contributed by atoms with E-state index in [0.29, 0.717) is 23.9 Å². The summed E-state index contributed by atoms with van der Waals surface area (Å²) in [6, 6.07) is 14.6. The van der Waals surface area contributed by atoms with Crippen molar-refractivity contribution < 1.29 is 22.6 Å². The quantitative estimate of drug-likeness (QED) is 0.603. The monoisotopic (exact) mass is 448 g/mol. The van der Waals surface area contributed by atoms with Gasteiger partial charge in [0.05, 0.1) is 50.1 Å². The molecule has 2 heterocycles. The molecule has 0 bridgehead atoms. The van der Waals surface area contributed by atoms with Crippen LogP contribution in [0.3, 0.4) is 0 Å². The smallest absolute Gasteiger partial charge is 0.164 e. The minimum absolute atomic E-state index is 0.0744. The Morgan fingerprint density at radius 1 is 1.07 bits per heavy atom. The zero-order valence-corrected chi connectivity index (χ0v) is 18.5. The van der Waals surface area contributed by atoms with Gasteiger partial charge in [-0.15, -0.1) is 0 Å². The van der Waals surface area contributed by atoms with Crippen LogP contribution in [-0.2, 0) is 9.84 Å². The van der Waals surface area contributed by atoms with Crippen molar-refractivity contribution in [2.24, 2.45) is 4.99 Å². The van der Waals surface area contributed by atoms with Crippen LogP contribution < -0.4 is 19.1 Å². The number of amidine groups is 1. The number of anilines is 1. The lowest BCUT2D eigenvalue weighted by atomic mass is 10.1. The summed E-state index contributed by atoms with van der Waals surface area (Å²) in [6.07, 6.45) is 0. The first kappa shape index (κ1) is 20.9. The van der Waals surface area contributed by atoms with E-state index in [1.54, 1.807) is 26.0 Å². The number of para-hydroxylation sites is 1. The Morgan fingerprint density at radius 2 is 1.87 bits per heavy atom. The molecule has 4 rings (SSSR count). The highest BCUT2D eigenvalue weighted by atomic mass is 32.2. The second-order valence-corrected chi connectivity index (χ2v) is 10.3. The van der Waals surface area contributed by atoms with Gasteiger partial charge in [-0.2, -0.15) is 0 Å². The lowest BCUT2D eigenvalue weighted by Gasteiger charge is -2.28. The van der Waals surface area contributed by atoms with E-state index in [-0.39, 0.29) is 23.6 Å². The van der Waals surface area contributed by atoms with E-state index >= 15 is 0 Å². The van der Waals surface area contributed by atoms with Gasteiger partial charge in [0.1, 0.15) is 17.2 Å². The molecule has 0 radical (unpaired) electrons. The highest BCUT2D eigenvalue weighted by Gasteiger charge is 2.47. The van der Waals surface area contributed by atoms with Gasteiger partial charge >= 0.3 is 0 Å². The molecule has 0 saturated carbocycles. The van der Waals surface area contributed by atoms with Crippen molar-refractivity contribution in [3.05, 3.63) is 48.5 Å². The number of hydrogen-bond acceptors (Lipinski definition) is 8. The Labute approximate surface area is 181 Å². The summed E-state index contributed by atoms with van der Waals surface area (Å²) in [6.45, 7) is 0.518. The van der Waals surface area contributed by atoms with E-state index in [4.69, 9.17) is 19.2 Å². The maximum atomic E-state index is 12.2. The molecule has 0 unspecified atom stereocenters. The molecule has 0 N–H and O–H groups in total. The molecule has 9 heteroatoms. The number of rotatable bonds is 7. The molecule has 7 nitrogen and oxygen atoms in total. The van der Waals surface area contributed by atoms with Crippen LogP contribution in [0, 0.1) is 0 Å². The predicted molar refractivity (Wildman–Crippen MR) is 120 cm³/mol. The Kier molecular flexibility index (Phi) is 6.10. The van der Waals surface area contributed by atoms with E-state index in [2.05, 4.69) is 0 Å². The van der Waals surface area contributed by atoms with E-state index < -0.39 is 9.84 Å².